The van der Waals surface area contributed by atoms with Gasteiger partial charge in [0.1, 0.15) is 23.7 Å². The number of nitrogens with one attached hydrogen (secondary N) is 4. The molecule has 4 aromatic carbocycles. The van der Waals surface area contributed by atoms with E-state index in [1.165, 1.54) is 7.11 Å². The molecule has 0 radical (unpaired) electrons. The van der Waals surface area contributed by atoms with Crippen LogP contribution >= 0.6 is 0 Å². The molecule has 0 saturated carbocycles. The summed E-state index contributed by atoms with van der Waals surface area (Å²) < 4.78 is 15.8. The molecule has 8 rings (SSSR count). The number of fused-ring (bicyclic) bond motifs is 6. The first-order valence-electron chi connectivity index (χ1n) is 21.4. The van der Waals surface area contributed by atoms with Crippen LogP contribution in [0, 0.1) is 23.7 Å². The molecule has 62 heavy (non-hydrogen) atoms. The van der Waals surface area contributed by atoms with Gasteiger partial charge in [-0.3, -0.25) is 14.4 Å². The van der Waals surface area contributed by atoms with Gasteiger partial charge in [-0.25, -0.2) is 14.8 Å². The van der Waals surface area contributed by atoms with Gasteiger partial charge in [-0.15, -0.1) is 0 Å². The zero-order valence-electron chi connectivity index (χ0n) is 36.4. The number of alkyl carbamates (subject to hydrolysis) is 1. The fourth-order valence-corrected chi connectivity index (χ4v) is 9.56. The molecule has 4 heterocycles. The fourth-order valence-electron chi connectivity index (χ4n) is 9.56. The Labute approximate surface area is 360 Å². The number of imidazole rings is 2. The molecule has 0 spiro atoms. The lowest BCUT2D eigenvalue weighted by atomic mass is 9.98. The summed E-state index contributed by atoms with van der Waals surface area (Å²) in [5.41, 5.74) is 5.53. The third-order valence-electron chi connectivity index (χ3n) is 12.7. The van der Waals surface area contributed by atoms with Gasteiger partial charge >= 0.3 is 6.09 Å². The Balaban J connectivity index is 1.08. The van der Waals surface area contributed by atoms with Crippen molar-refractivity contribution in [3.8, 4) is 11.1 Å². The van der Waals surface area contributed by atoms with Gasteiger partial charge in [0.2, 0.25) is 18.2 Å². The first kappa shape index (κ1) is 42.6. The molecule has 0 bridgehead atoms. The monoisotopic (exact) mass is 844 g/mol. The highest BCUT2D eigenvalue weighted by atomic mass is 16.5. The number of benzene rings is 4. The second kappa shape index (κ2) is 17.7. The van der Waals surface area contributed by atoms with Crippen molar-refractivity contribution in [1.82, 2.24) is 40.4 Å². The number of aromatic amines is 2. The van der Waals surface area contributed by atoms with Crippen molar-refractivity contribution in [1.29, 1.82) is 0 Å². The van der Waals surface area contributed by atoms with Gasteiger partial charge in [-0.1, -0.05) is 64.1 Å². The molecule has 2 fully saturated rings. The second-order valence-corrected chi connectivity index (χ2v) is 17.5. The van der Waals surface area contributed by atoms with Crippen molar-refractivity contribution < 1.29 is 33.4 Å². The smallest absolute Gasteiger partial charge is 0.407 e. The van der Waals surface area contributed by atoms with Crippen LogP contribution in [0.1, 0.15) is 64.3 Å². The molecule has 4 N–H and O–H groups in total. The summed E-state index contributed by atoms with van der Waals surface area (Å²) >= 11 is 0. The van der Waals surface area contributed by atoms with E-state index in [4.69, 9.17) is 24.2 Å². The van der Waals surface area contributed by atoms with Crippen LogP contribution in [0.2, 0.25) is 0 Å². The molecule has 2 aromatic heterocycles. The molecule has 2 aliphatic heterocycles. The first-order valence-corrected chi connectivity index (χ1v) is 21.4. The summed E-state index contributed by atoms with van der Waals surface area (Å²) in [6.07, 6.45) is 1.32. The molecule has 2 saturated heterocycles. The predicted molar refractivity (Wildman–Crippen MR) is 237 cm³/mol. The van der Waals surface area contributed by atoms with E-state index >= 15 is 0 Å². The highest BCUT2D eigenvalue weighted by Gasteiger charge is 2.43. The van der Waals surface area contributed by atoms with Gasteiger partial charge in [0.15, 0.2) is 0 Å². The number of hydrogen-bond donors (Lipinski definition) is 4. The molecule has 15 heteroatoms. The lowest BCUT2D eigenvalue weighted by Crippen LogP contribution is -2.51. The Morgan fingerprint density at radius 3 is 1.60 bits per heavy atom. The normalized spacial score (nSPS) is 20.2. The zero-order valence-corrected chi connectivity index (χ0v) is 36.4. The van der Waals surface area contributed by atoms with Crippen LogP contribution in [0.4, 0.5) is 4.79 Å². The highest BCUT2D eigenvalue weighted by molar-refractivity contribution is 6.07. The summed E-state index contributed by atoms with van der Waals surface area (Å²) in [5, 5.41) is 9.53. The number of carbonyl (C=O) groups excluding carboxylic acids is 4. The standard InChI is InChI=1S/C47H56N8O7/c1-25(2)39(48-24-56)45(57)54-20-27(22-60-5)16-37(54)43-49-35-14-10-31-18-29(8-12-33(31)41(35)51-43)30-9-13-34-32(19-30)11-15-36-42(34)52-44(50-36)38-17-28(23-61-6)21-55(38)46(58)40(26(3)4)53-47(59)62-7/h8-15,18-19,24-28,37-40H,16-17,20-23H2,1-7H3,(H,48,56)(H,49,51)(H,50,52)(H,53,59)/t27-,28-,37-,38-,39?,40-/m0/s1. The van der Waals surface area contributed by atoms with Gasteiger partial charge < -0.3 is 44.6 Å². The van der Waals surface area contributed by atoms with Gasteiger partial charge in [-0.2, -0.15) is 0 Å². The third-order valence-corrected chi connectivity index (χ3v) is 12.7. The SMILES string of the molecule is COC[C@H]1C[C@@H](c2nc3c(ccc4cc(-c5ccc6c(ccc7[nH]c([C@@H]8C[C@H](COC)CN8C(=O)[C@@H](NC(=O)OC)C(C)C)nc76)c5)ccc43)[nH]2)N(C(=O)C(NC=O)C(C)C)C1. The van der Waals surface area contributed by atoms with Gasteiger partial charge in [0, 0.05) is 49.9 Å². The molecule has 6 atom stereocenters. The first-order chi connectivity index (χ1) is 29.9. The summed E-state index contributed by atoms with van der Waals surface area (Å²) in [6, 6.07) is 19.0. The third kappa shape index (κ3) is 8.06. The number of H-pyrrole nitrogens is 2. The molecule has 326 valence electrons. The lowest BCUT2D eigenvalue weighted by molar-refractivity contribution is -0.137. The molecule has 2 aliphatic rings. The van der Waals surface area contributed by atoms with Crippen molar-refractivity contribution in [3.63, 3.8) is 0 Å². The number of methoxy groups -OCH3 is 3. The Morgan fingerprint density at radius 2 is 1.18 bits per heavy atom. The van der Waals surface area contributed by atoms with Crippen molar-refractivity contribution >= 4 is 67.9 Å². The lowest BCUT2D eigenvalue weighted by Gasteiger charge is -2.30. The van der Waals surface area contributed by atoms with Crippen molar-refractivity contribution in [2.45, 2.75) is 64.7 Å². The summed E-state index contributed by atoms with van der Waals surface area (Å²) in [5.74, 6) is 1.14. The largest absolute Gasteiger partial charge is 0.453 e. The maximum atomic E-state index is 14.0. The van der Waals surface area contributed by atoms with E-state index in [1.54, 1.807) is 14.2 Å². The Hall–Kier alpha value is -6.06. The van der Waals surface area contributed by atoms with E-state index in [9.17, 15) is 19.2 Å². The number of ether oxygens (including phenoxy) is 3. The summed E-state index contributed by atoms with van der Waals surface area (Å²) in [7, 11) is 4.62. The molecule has 6 aromatic rings. The predicted octanol–water partition coefficient (Wildman–Crippen LogP) is 6.64. The number of aromatic nitrogens is 4. The van der Waals surface area contributed by atoms with Crippen molar-refractivity contribution in [2.24, 2.45) is 23.7 Å². The van der Waals surface area contributed by atoms with E-state index in [-0.39, 0.29) is 47.6 Å². The minimum atomic E-state index is -0.752. The van der Waals surface area contributed by atoms with Gasteiger partial charge in [-0.05, 0) is 70.8 Å². The molecule has 15 nitrogen and oxygen atoms in total. The Kier molecular flexibility index (Phi) is 12.2. The van der Waals surface area contributed by atoms with Crippen LogP contribution in [0.25, 0.3) is 54.7 Å². The van der Waals surface area contributed by atoms with Gasteiger partial charge in [0.05, 0.1) is 54.5 Å². The Bertz CT molecular complexity index is 2640. The molecule has 4 amide bonds. The van der Waals surface area contributed by atoms with Crippen molar-refractivity contribution in [2.75, 3.05) is 47.6 Å². The van der Waals surface area contributed by atoms with E-state index < -0.39 is 18.2 Å². The highest BCUT2D eigenvalue weighted by Crippen LogP contribution is 2.40. The number of rotatable bonds is 14. The molecular weight excluding hydrogens is 789 g/mol. The van der Waals surface area contributed by atoms with E-state index in [0.717, 1.165) is 60.6 Å². The average Bonchev–Trinajstić information content (AvgIpc) is 4.08. The topological polar surface area (TPSA) is 184 Å². The van der Waals surface area contributed by atoms with Crippen LogP contribution in [0.3, 0.4) is 0 Å². The van der Waals surface area contributed by atoms with E-state index in [1.807, 2.05) is 49.6 Å². The molecule has 1 unspecified atom stereocenters. The minimum Gasteiger partial charge on any atom is -0.453 e. The van der Waals surface area contributed by atoms with Crippen LogP contribution in [-0.4, -0.2) is 114 Å². The number of carbonyl (C=O) groups is 4. The number of nitrogens with zero attached hydrogens (tertiary/aromatic N) is 4. The maximum absolute atomic E-state index is 14.0. The maximum Gasteiger partial charge on any atom is 0.407 e. The van der Waals surface area contributed by atoms with Crippen molar-refractivity contribution in [3.05, 3.63) is 72.3 Å². The molecular formula is C47H56N8O7. The summed E-state index contributed by atoms with van der Waals surface area (Å²) in [6.45, 7) is 9.69. The number of hydrogen-bond acceptors (Lipinski definition) is 9. The van der Waals surface area contributed by atoms with Crippen LogP contribution in [-0.2, 0) is 28.6 Å². The van der Waals surface area contributed by atoms with E-state index in [0.29, 0.717) is 51.4 Å². The number of likely N-dealkylation sites (tertiary alicyclic amines) is 2. The average molecular weight is 845 g/mol. The van der Waals surface area contributed by atoms with Crippen LogP contribution in [0.5, 0.6) is 0 Å². The quantitative estimate of drug-likeness (QED) is 0.0874. The Morgan fingerprint density at radius 1 is 0.710 bits per heavy atom. The number of amides is 4. The van der Waals surface area contributed by atoms with Crippen LogP contribution in [0.15, 0.2) is 60.7 Å². The second-order valence-electron chi connectivity index (χ2n) is 17.5. The van der Waals surface area contributed by atoms with E-state index in [2.05, 4.69) is 69.1 Å². The zero-order chi connectivity index (χ0) is 43.8. The summed E-state index contributed by atoms with van der Waals surface area (Å²) in [4.78, 5) is 72.5. The van der Waals surface area contributed by atoms with Gasteiger partial charge in [0.25, 0.3) is 0 Å². The van der Waals surface area contributed by atoms with Crippen LogP contribution < -0.4 is 10.6 Å². The fraction of sp³-hybridized carbons (Fsp3) is 0.447. The minimum absolute atomic E-state index is 0.0743. The molecule has 0 aliphatic carbocycles.